The molecule has 1 aliphatic heterocycles. The Morgan fingerprint density at radius 1 is 1.29 bits per heavy atom. The van der Waals surface area contributed by atoms with Gasteiger partial charge in [-0.2, -0.15) is 5.26 Å². The Balaban J connectivity index is 1.84. The number of ether oxygens (including phenoxy) is 1. The van der Waals surface area contributed by atoms with Crippen LogP contribution in [0.5, 0.6) is 0 Å². The number of nitriles is 1. The van der Waals surface area contributed by atoms with Crippen LogP contribution in [0.15, 0.2) is 48.7 Å². The number of hydrogen-bond donors (Lipinski definition) is 0. The molecular formula is C19H19N3O2. The number of hydrogen-bond acceptors (Lipinski definition) is 5. The molecule has 1 saturated heterocycles. The van der Waals surface area contributed by atoms with Crippen LogP contribution in [0.1, 0.15) is 27.5 Å². The molecule has 24 heavy (non-hydrogen) atoms. The van der Waals surface area contributed by atoms with Crippen molar-refractivity contribution in [3.8, 4) is 6.07 Å². The molecule has 0 amide bonds. The van der Waals surface area contributed by atoms with E-state index in [9.17, 15) is 10.1 Å². The Morgan fingerprint density at radius 2 is 2.08 bits per heavy atom. The summed E-state index contributed by atoms with van der Waals surface area (Å²) in [5, 5.41) is 9.56. The van der Waals surface area contributed by atoms with E-state index in [1.54, 1.807) is 12.3 Å². The molecule has 1 aromatic heterocycles. The minimum atomic E-state index is -0.455. The molecule has 2 heterocycles. The van der Waals surface area contributed by atoms with E-state index in [1.165, 1.54) is 12.7 Å². The van der Waals surface area contributed by atoms with Crippen LogP contribution < -0.4 is 0 Å². The normalized spacial score (nSPS) is 20.5. The van der Waals surface area contributed by atoms with E-state index >= 15 is 0 Å². The molecule has 3 rings (SSSR count). The first-order valence-electron chi connectivity index (χ1n) is 7.92. The van der Waals surface area contributed by atoms with Crippen molar-refractivity contribution in [2.75, 3.05) is 20.2 Å². The van der Waals surface area contributed by atoms with E-state index in [-0.39, 0.29) is 11.8 Å². The molecule has 1 aliphatic rings. The summed E-state index contributed by atoms with van der Waals surface area (Å²) in [6.45, 7) is 2.21. The number of rotatable bonds is 4. The standard InChI is InChI=1S/C19H19N3O2/c1-24-19(23)18-16(8-5-9-21-18)17-13-22(12-15(17)10-20)11-14-6-3-2-4-7-14/h2-9,15,17H,11-13H2,1H3/t15-,17-/m0/s1. The van der Waals surface area contributed by atoms with Gasteiger partial charge in [0, 0.05) is 31.7 Å². The molecule has 0 aliphatic carbocycles. The van der Waals surface area contributed by atoms with Crippen LogP contribution in [0.25, 0.3) is 0 Å². The highest BCUT2D eigenvalue weighted by atomic mass is 16.5. The molecule has 122 valence electrons. The van der Waals surface area contributed by atoms with Crippen LogP contribution in [-0.2, 0) is 11.3 Å². The fraction of sp³-hybridized carbons (Fsp3) is 0.316. The largest absolute Gasteiger partial charge is 0.464 e. The smallest absolute Gasteiger partial charge is 0.356 e. The lowest BCUT2D eigenvalue weighted by molar-refractivity contribution is 0.0592. The van der Waals surface area contributed by atoms with E-state index in [0.717, 1.165) is 18.7 Å². The second-order valence-corrected chi connectivity index (χ2v) is 5.95. The molecule has 0 N–H and O–H groups in total. The molecule has 0 bridgehead atoms. The van der Waals surface area contributed by atoms with Crippen molar-refractivity contribution >= 4 is 5.97 Å². The third-order valence-electron chi connectivity index (χ3n) is 4.43. The molecule has 0 unspecified atom stereocenters. The van der Waals surface area contributed by atoms with Gasteiger partial charge in [-0.25, -0.2) is 9.78 Å². The van der Waals surface area contributed by atoms with Crippen molar-refractivity contribution in [3.05, 3.63) is 65.5 Å². The van der Waals surface area contributed by atoms with Gasteiger partial charge in [0.05, 0.1) is 19.1 Å². The van der Waals surface area contributed by atoms with Crippen LogP contribution in [0.2, 0.25) is 0 Å². The fourth-order valence-electron chi connectivity index (χ4n) is 3.29. The van der Waals surface area contributed by atoms with Crippen LogP contribution in [-0.4, -0.2) is 36.1 Å². The molecule has 1 aromatic carbocycles. The van der Waals surface area contributed by atoms with Gasteiger partial charge in [0.15, 0.2) is 5.69 Å². The summed E-state index contributed by atoms with van der Waals surface area (Å²) >= 11 is 0. The van der Waals surface area contributed by atoms with Crippen LogP contribution in [0.4, 0.5) is 0 Å². The molecule has 5 nitrogen and oxygen atoms in total. The fourth-order valence-corrected chi connectivity index (χ4v) is 3.29. The van der Waals surface area contributed by atoms with E-state index < -0.39 is 5.97 Å². The van der Waals surface area contributed by atoms with Gasteiger partial charge in [-0.1, -0.05) is 36.4 Å². The van der Waals surface area contributed by atoms with Crippen molar-refractivity contribution in [2.24, 2.45) is 5.92 Å². The van der Waals surface area contributed by atoms with E-state index in [0.29, 0.717) is 12.2 Å². The summed E-state index contributed by atoms with van der Waals surface area (Å²) in [5.74, 6) is -0.661. The monoisotopic (exact) mass is 321 g/mol. The maximum absolute atomic E-state index is 12.0. The zero-order valence-electron chi connectivity index (χ0n) is 13.6. The molecule has 0 spiro atoms. The summed E-state index contributed by atoms with van der Waals surface area (Å²) < 4.78 is 4.83. The maximum Gasteiger partial charge on any atom is 0.356 e. The average molecular weight is 321 g/mol. The Morgan fingerprint density at radius 3 is 2.79 bits per heavy atom. The van der Waals surface area contributed by atoms with Gasteiger partial charge in [-0.3, -0.25) is 4.90 Å². The highest BCUT2D eigenvalue weighted by Gasteiger charge is 2.36. The number of esters is 1. The van der Waals surface area contributed by atoms with E-state index in [4.69, 9.17) is 4.74 Å². The number of carbonyl (C=O) groups excluding carboxylic acids is 1. The number of carbonyl (C=O) groups is 1. The van der Waals surface area contributed by atoms with Crippen LogP contribution in [0, 0.1) is 17.2 Å². The highest BCUT2D eigenvalue weighted by Crippen LogP contribution is 2.34. The maximum atomic E-state index is 12.0. The first-order valence-corrected chi connectivity index (χ1v) is 7.92. The first-order chi connectivity index (χ1) is 11.7. The number of benzene rings is 1. The van der Waals surface area contributed by atoms with E-state index in [1.807, 2.05) is 24.3 Å². The number of methoxy groups -OCH3 is 1. The second-order valence-electron chi connectivity index (χ2n) is 5.95. The minimum absolute atomic E-state index is 0.0403. The highest BCUT2D eigenvalue weighted by molar-refractivity contribution is 5.89. The van der Waals surface area contributed by atoms with Gasteiger partial charge in [-0.15, -0.1) is 0 Å². The number of likely N-dealkylation sites (tertiary alicyclic amines) is 1. The lowest BCUT2D eigenvalue weighted by Crippen LogP contribution is -2.20. The van der Waals surface area contributed by atoms with Gasteiger partial charge >= 0.3 is 5.97 Å². The Bertz CT molecular complexity index is 755. The lowest BCUT2D eigenvalue weighted by Gasteiger charge is -2.17. The molecule has 2 atom stereocenters. The SMILES string of the molecule is COC(=O)c1ncccc1[C@H]1CN(Cc2ccccc2)C[C@@H]1C#N. The van der Waals surface area contributed by atoms with Crippen molar-refractivity contribution in [1.82, 2.24) is 9.88 Å². The molecule has 2 aromatic rings. The lowest BCUT2D eigenvalue weighted by atomic mass is 9.89. The Hall–Kier alpha value is -2.71. The minimum Gasteiger partial charge on any atom is -0.464 e. The molecule has 0 saturated carbocycles. The number of nitrogens with zero attached hydrogens (tertiary/aromatic N) is 3. The third kappa shape index (κ3) is 3.29. The Kier molecular flexibility index (Phi) is 4.88. The topological polar surface area (TPSA) is 66.2 Å². The van der Waals surface area contributed by atoms with Gasteiger partial charge in [0.2, 0.25) is 0 Å². The second kappa shape index (κ2) is 7.24. The zero-order chi connectivity index (χ0) is 16.9. The summed E-state index contributed by atoms with van der Waals surface area (Å²) in [6, 6.07) is 16.3. The number of aromatic nitrogens is 1. The van der Waals surface area contributed by atoms with Crippen molar-refractivity contribution in [2.45, 2.75) is 12.5 Å². The summed E-state index contributed by atoms with van der Waals surface area (Å²) in [5.41, 5.74) is 2.33. The quantitative estimate of drug-likeness (QED) is 0.810. The van der Waals surface area contributed by atoms with E-state index in [2.05, 4.69) is 28.1 Å². The van der Waals surface area contributed by atoms with Crippen LogP contribution >= 0.6 is 0 Å². The predicted octanol–water partition coefficient (Wildman–Crippen LogP) is 2.61. The predicted molar refractivity (Wildman–Crippen MR) is 89.1 cm³/mol. The average Bonchev–Trinajstić information content (AvgIpc) is 3.04. The van der Waals surface area contributed by atoms with Gasteiger partial charge in [-0.05, 0) is 17.2 Å². The Labute approximate surface area is 141 Å². The van der Waals surface area contributed by atoms with Gasteiger partial charge < -0.3 is 4.74 Å². The molecule has 0 radical (unpaired) electrons. The summed E-state index contributed by atoms with van der Waals surface area (Å²) in [7, 11) is 1.35. The van der Waals surface area contributed by atoms with Gasteiger partial charge in [0.1, 0.15) is 0 Å². The van der Waals surface area contributed by atoms with Crippen molar-refractivity contribution in [1.29, 1.82) is 5.26 Å². The summed E-state index contributed by atoms with van der Waals surface area (Å²) in [6.07, 6.45) is 1.58. The summed E-state index contributed by atoms with van der Waals surface area (Å²) in [4.78, 5) is 18.4. The van der Waals surface area contributed by atoms with Crippen molar-refractivity contribution < 1.29 is 9.53 Å². The first kappa shape index (κ1) is 16.2. The molecule has 5 heteroatoms. The molecular weight excluding hydrogens is 302 g/mol. The van der Waals surface area contributed by atoms with Crippen molar-refractivity contribution in [3.63, 3.8) is 0 Å². The number of pyridine rings is 1. The third-order valence-corrected chi connectivity index (χ3v) is 4.43. The van der Waals surface area contributed by atoms with Crippen LogP contribution in [0.3, 0.4) is 0 Å². The molecule has 1 fully saturated rings. The zero-order valence-corrected chi connectivity index (χ0v) is 13.6. The van der Waals surface area contributed by atoms with Gasteiger partial charge in [0.25, 0.3) is 0 Å².